The lowest BCUT2D eigenvalue weighted by Crippen LogP contribution is -1.94. The first-order chi connectivity index (χ1) is 6.92. The van der Waals surface area contributed by atoms with Crippen LogP contribution in [0.4, 0.5) is 0 Å². The minimum absolute atomic E-state index is 0.411. The molecule has 0 aromatic heterocycles. The summed E-state index contributed by atoms with van der Waals surface area (Å²) in [5.74, 6) is 0.897. The van der Waals surface area contributed by atoms with Crippen LogP contribution in [0.5, 0.6) is 5.75 Å². The highest BCUT2D eigenvalue weighted by Crippen LogP contribution is 2.25. The molecule has 0 radical (unpaired) electrons. The van der Waals surface area contributed by atoms with E-state index in [1.165, 1.54) is 5.39 Å². The third-order valence-electron chi connectivity index (χ3n) is 2.10. The van der Waals surface area contributed by atoms with Gasteiger partial charge in [0.25, 0.3) is 0 Å². The Kier molecular flexibility index (Phi) is 2.65. The molecule has 0 aliphatic heterocycles. The van der Waals surface area contributed by atoms with Gasteiger partial charge in [0.2, 0.25) is 0 Å². The van der Waals surface area contributed by atoms with Gasteiger partial charge >= 0.3 is 0 Å². The summed E-state index contributed by atoms with van der Waals surface area (Å²) < 4.78 is 5.50. The van der Waals surface area contributed by atoms with E-state index in [1.807, 2.05) is 24.3 Å². The van der Waals surface area contributed by atoms with Crippen LogP contribution in [0.1, 0.15) is 0 Å². The van der Waals surface area contributed by atoms with E-state index in [-0.39, 0.29) is 0 Å². The van der Waals surface area contributed by atoms with Gasteiger partial charge in [0.15, 0.2) is 0 Å². The lowest BCUT2D eigenvalue weighted by atomic mass is 10.1. The fourth-order valence-corrected chi connectivity index (χ4v) is 1.46. The smallest absolute Gasteiger partial charge is 0.124 e. The summed E-state index contributed by atoms with van der Waals surface area (Å²) in [6, 6.07) is 14.2. The molecule has 2 aromatic carbocycles. The van der Waals surface area contributed by atoms with Crippen molar-refractivity contribution in [3.05, 3.63) is 47.8 Å². The first-order valence-electron chi connectivity index (χ1n) is 4.58. The molecule has 2 aromatic rings. The van der Waals surface area contributed by atoms with Gasteiger partial charge in [-0.25, -0.2) is 0 Å². The van der Waals surface area contributed by atoms with Crippen molar-refractivity contribution >= 4 is 10.8 Å². The minimum atomic E-state index is 0.411. The van der Waals surface area contributed by atoms with E-state index in [9.17, 15) is 0 Å². The molecular weight excluding hydrogens is 174 g/mol. The van der Waals surface area contributed by atoms with Gasteiger partial charge in [-0.1, -0.05) is 36.4 Å². The van der Waals surface area contributed by atoms with Gasteiger partial charge in [-0.3, -0.25) is 0 Å². The second-order valence-corrected chi connectivity index (χ2v) is 3.07. The number of benzene rings is 2. The normalized spacial score (nSPS) is 10.4. The molecule has 0 heterocycles. The molecule has 0 aliphatic carbocycles. The van der Waals surface area contributed by atoms with Crippen molar-refractivity contribution in [2.75, 3.05) is 13.8 Å². The van der Waals surface area contributed by atoms with Crippen molar-refractivity contribution in [1.82, 2.24) is 0 Å². The Labute approximate surface area is 83.5 Å². The zero-order chi connectivity index (χ0) is 9.80. The van der Waals surface area contributed by atoms with Gasteiger partial charge in [0.1, 0.15) is 5.75 Å². The molecule has 0 amide bonds. The molecule has 0 N–H and O–H groups in total. The average Bonchev–Trinajstić information content (AvgIpc) is 2.26. The van der Waals surface area contributed by atoms with Gasteiger partial charge in [-0.15, -0.1) is 0 Å². The number of ether oxygens (including phenoxy) is 1. The molecule has 0 spiro atoms. The Morgan fingerprint density at radius 1 is 1.07 bits per heavy atom. The van der Waals surface area contributed by atoms with Crippen molar-refractivity contribution in [3.63, 3.8) is 0 Å². The first-order valence-corrected chi connectivity index (χ1v) is 4.58. The zero-order valence-electron chi connectivity index (χ0n) is 8.10. The van der Waals surface area contributed by atoms with Crippen LogP contribution in [0.25, 0.3) is 16.1 Å². The molecule has 0 bridgehead atoms. The SMILES string of the molecule is C[N-]COc1cccc2ccccc12. The van der Waals surface area contributed by atoms with E-state index < -0.39 is 0 Å². The minimum Gasteiger partial charge on any atom is -0.632 e. The molecule has 0 unspecified atom stereocenters. The molecule has 14 heavy (non-hydrogen) atoms. The summed E-state index contributed by atoms with van der Waals surface area (Å²) in [5.41, 5.74) is 0. The van der Waals surface area contributed by atoms with Crippen molar-refractivity contribution in [2.24, 2.45) is 0 Å². The van der Waals surface area contributed by atoms with Crippen LogP contribution in [0, 0.1) is 0 Å². The van der Waals surface area contributed by atoms with Crippen LogP contribution in [-0.2, 0) is 0 Å². The highest BCUT2D eigenvalue weighted by molar-refractivity contribution is 5.88. The van der Waals surface area contributed by atoms with Crippen molar-refractivity contribution in [1.29, 1.82) is 0 Å². The number of fused-ring (bicyclic) bond motifs is 1. The fourth-order valence-electron chi connectivity index (χ4n) is 1.46. The highest BCUT2D eigenvalue weighted by atomic mass is 16.5. The molecule has 0 saturated heterocycles. The lowest BCUT2D eigenvalue weighted by Gasteiger charge is -2.15. The predicted molar refractivity (Wildman–Crippen MR) is 58.7 cm³/mol. The van der Waals surface area contributed by atoms with E-state index in [2.05, 4.69) is 23.5 Å². The van der Waals surface area contributed by atoms with E-state index in [1.54, 1.807) is 7.05 Å². The maximum absolute atomic E-state index is 5.50. The molecule has 0 aliphatic rings. The quantitative estimate of drug-likeness (QED) is 0.722. The lowest BCUT2D eigenvalue weighted by molar-refractivity contribution is 0.358. The van der Waals surface area contributed by atoms with Crippen LogP contribution in [-0.4, -0.2) is 13.8 Å². The van der Waals surface area contributed by atoms with Crippen molar-refractivity contribution in [3.8, 4) is 5.75 Å². The summed E-state index contributed by atoms with van der Waals surface area (Å²) >= 11 is 0. The van der Waals surface area contributed by atoms with Crippen LogP contribution in [0.2, 0.25) is 0 Å². The van der Waals surface area contributed by atoms with E-state index in [0.29, 0.717) is 6.73 Å². The first kappa shape index (κ1) is 9.03. The summed E-state index contributed by atoms with van der Waals surface area (Å²) in [7, 11) is 1.74. The van der Waals surface area contributed by atoms with Gasteiger partial charge in [0.05, 0.1) is 0 Å². The Morgan fingerprint density at radius 3 is 2.71 bits per heavy atom. The Morgan fingerprint density at radius 2 is 1.86 bits per heavy atom. The predicted octanol–water partition coefficient (Wildman–Crippen LogP) is 3.18. The topological polar surface area (TPSA) is 23.3 Å². The second-order valence-electron chi connectivity index (χ2n) is 3.07. The second kappa shape index (κ2) is 4.11. The highest BCUT2D eigenvalue weighted by Gasteiger charge is 1.97. The molecule has 72 valence electrons. The van der Waals surface area contributed by atoms with E-state index in [0.717, 1.165) is 11.1 Å². The summed E-state index contributed by atoms with van der Waals surface area (Å²) in [4.78, 5) is 0. The van der Waals surface area contributed by atoms with Crippen LogP contribution in [0.3, 0.4) is 0 Å². The molecular formula is C12H12NO-. The molecule has 0 saturated carbocycles. The molecule has 0 atom stereocenters. The van der Waals surface area contributed by atoms with Crippen molar-refractivity contribution in [2.45, 2.75) is 0 Å². The standard InChI is InChI=1S/C12H12NO/c1-13-9-14-12-8-4-6-10-5-2-3-7-11(10)12/h2-8H,9H2,1H3/q-1. The van der Waals surface area contributed by atoms with Gasteiger partial charge in [-0.05, 0) is 11.5 Å². The third kappa shape index (κ3) is 1.70. The van der Waals surface area contributed by atoms with Crippen LogP contribution in [0.15, 0.2) is 42.5 Å². The average molecular weight is 186 g/mol. The van der Waals surface area contributed by atoms with E-state index in [4.69, 9.17) is 4.74 Å². The third-order valence-corrected chi connectivity index (χ3v) is 2.10. The van der Waals surface area contributed by atoms with Gasteiger partial charge in [0, 0.05) is 12.1 Å². The molecule has 0 fully saturated rings. The summed E-state index contributed by atoms with van der Waals surface area (Å²) in [6.07, 6.45) is 0. The maximum Gasteiger partial charge on any atom is 0.124 e. The largest absolute Gasteiger partial charge is 0.632 e. The number of hydrogen-bond acceptors (Lipinski definition) is 1. The van der Waals surface area contributed by atoms with Gasteiger partial charge in [-0.2, -0.15) is 7.05 Å². The number of rotatable bonds is 3. The van der Waals surface area contributed by atoms with Gasteiger partial charge < -0.3 is 10.1 Å². The van der Waals surface area contributed by atoms with E-state index >= 15 is 0 Å². The molecule has 2 rings (SSSR count). The number of nitrogens with zero attached hydrogens (tertiary/aromatic N) is 1. The summed E-state index contributed by atoms with van der Waals surface area (Å²) in [5, 5.41) is 6.25. The Bertz CT molecular complexity index is 420. The van der Waals surface area contributed by atoms with Crippen molar-refractivity contribution < 1.29 is 4.74 Å². The monoisotopic (exact) mass is 186 g/mol. The fraction of sp³-hybridized carbons (Fsp3) is 0.167. The Hall–Kier alpha value is -1.54. The summed E-state index contributed by atoms with van der Waals surface area (Å²) in [6.45, 7) is 0.411. The Balaban J connectivity index is 2.43. The zero-order valence-corrected chi connectivity index (χ0v) is 8.10. The van der Waals surface area contributed by atoms with Crippen LogP contribution >= 0.6 is 0 Å². The molecule has 2 heteroatoms. The number of hydrogen-bond donors (Lipinski definition) is 0. The maximum atomic E-state index is 5.50. The van der Waals surface area contributed by atoms with Crippen LogP contribution < -0.4 is 4.74 Å². The molecule has 2 nitrogen and oxygen atoms in total.